The molecule has 8 heteroatoms. The number of nitrogens with one attached hydrogen (secondary N) is 2. The first-order valence-corrected chi connectivity index (χ1v) is 11.4. The molecule has 0 saturated carbocycles. The third-order valence-electron chi connectivity index (χ3n) is 5.95. The van der Waals surface area contributed by atoms with E-state index in [0.29, 0.717) is 24.5 Å². The van der Waals surface area contributed by atoms with Crippen LogP contribution in [-0.4, -0.2) is 47.8 Å². The minimum Gasteiger partial charge on any atom is -0.381 e. The lowest BCUT2D eigenvalue weighted by molar-refractivity contribution is -0.120. The monoisotopic (exact) mass is 431 g/mol. The molecule has 1 fully saturated rings. The number of carbonyl (C=O) groups is 1. The second-order valence-electron chi connectivity index (χ2n) is 8.19. The van der Waals surface area contributed by atoms with Crippen molar-refractivity contribution < 1.29 is 9.53 Å². The fourth-order valence-corrected chi connectivity index (χ4v) is 4.24. The van der Waals surface area contributed by atoms with Crippen molar-refractivity contribution in [3.63, 3.8) is 0 Å². The topological polar surface area (TPSA) is 81.1 Å². The summed E-state index contributed by atoms with van der Waals surface area (Å²) in [6.07, 6.45) is 4.85. The van der Waals surface area contributed by atoms with Crippen molar-refractivity contribution in [2.45, 2.75) is 58.7 Å². The van der Waals surface area contributed by atoms with E-state index < -0.39 is 0 Å². The van der Waals surface area contributed by atoms with Gasteiger partial charge in [0.1, 0.15) is 7.85 Å². The maximum Gasteiger partial charge on any atom is 0.224 e. The van der Waals surface area contributed by atoms with Gasteiger partial charge in [0.05, 0.1) is 23.7 Å². The number of hydrogen-bond acceptors (Lipinski definition) is 5. The highest BCUT2D eigenvalue weighted by Crippen LogP contribution is 2.31. The number of rotatable bonds is 8. The number of aryl methyl sites for hydroxylation is 2. The molecule has 0 bridgehead atoms. The third-order valence-corrected chi connectivity index (χ3v) is 5.95. The summed E-state index contributed by atoms with van der Waals surface area (Å²) in [5.74, 6) is -0.0426. The average Bonchev–Trinajstić information content (AvgIpc) is 3.21. The van der Waals surface area contributed by atoms with Crippen molar-refractivity contribution in [2.75, 3.05) is 18.5 Å². The molecule has 4 rings (SSSR count). The third kappa shape index (κ3) is 4.96. The van der Waals surface area contributed by atoms with Crippen LogP contribution >= 0.6 is 0 Å². The van der Waals surface area contributed by atoms with Gasteiger partial charge in [-0.2, -0.15) is 5.10 Å². The number of benzene rings is 1. The number of carbonyl (C=O) groups excluding carboxylic acids is 1. The molecule has 1 saturated heterocycles. The van der Waals surface area contributed by atoms with E-state index >= 15 is 0 Å². The van der Waals surface area contributed by atoms with E-state index in [1.807, 2.05) is 35.1 Å². The van der Waals surface area contributed by atoms with E-state index in [-0.39, 0.29) is 5.91 Å². The van der Waals surface area contributed by atoms with Gasteiger partial charge in [0.2, 0.25) is 5.91 Å². The van der Waals surface area contributed by atoms with Crippen molar-refractivity contribution in [3.8, 4) is 0 Å². The molecule has 0 spiro atoms. The van der Waals surface area contributed by atoms with Crippen LogP contribution in [0, 0.1) is 0 Å². The van der Waals surface area contributed by atoms with E-state index in [0.717, 1.165) is 72.6 Å². The van der Waals surface area contributed by atoms with Gasteiger partial charge in [0.15, 0.2) is 5.65 Å². The Hall–Kier alpha value is -2.87. The molecule has 0 unspecified atom stereocenters. The minimum absolute atomic E-state index is 0.0426. The fourth-order valence-electron chi connectivity index (χ4n) is 4.24. The van der Waals surface area contributed by atoms with Crippen LogP contribution in [0.5, 0.6) is 0 Å². The Morgan fingerprint density at radius 1 is 1.28 bits per heavy atom. The lowest BCUT2D eigenvalue weighted by atomic mass is 9.94. The van der Waals surface area contributed by atoms with Gasteiger partial charge in [-0.05, 0) is 31.7 Å². The smallest absolute Gasteiger partial charge is 0.224 e. The van der Waals surface area contributed by atoms with Crippen LogP contribution in [0.15, 0.2) is 30.5 Å². The standard InChI is InChI=1S/C24H30BN5O2/c1-3-21-19(14-26-22(31)13-16-6-5-7-17(25)12-16)23(28-18-8-10-32-11-9-18)20-15-27-30(4-2)24(20)29-21/h5-7,12,15,18H,3-4,8-11,13-14H2,1-2H3,(H,26,31)(H,28,29). The highest BCUT2D eigenvalue weighted by atomic mass is 16.5. The molecule has 32 heavy (non-hydrogen) atoms. The first-order valence-electron chi connectivity index (χ1n) is 11.4. The molecule has 1 amide bonds. The van der Waals surface area contributed by atoms with Crippen LogP contribution in [0.1, 0.15) is 43.5 Å². The molecule has 7 nitrogen and oxygen atoms in total. The summed E-state index contributed by atoms with van der Waals surface area (Å²) in [7, 11) is 5.85. The summed E-state index contributed by atoms with van der Waals surface area (Å²) < 4.78 is 7.45. The first-order chi connectivity index (χ1) is 15.6. The molecule has 1 aromatic carbocycles. The number of amides is 1. The number of nitrogens with zero attached hydrogens (tertiary/aromatic N) is 3. The number of anilines is 1. The Bertz CT molecular complexity index is 1090. The molecule has 1 aliphatic rings. The lowest BCUT2D eigenvalue weighted by Crippen LogP contribution is -2.30. The predicted octanol–water partition coefficient (Wildman–Crippen LogP) is 2.26. The molecular weight excluding hydrogens is 401 g/mol. The number of ether oxygens (including phenoxy) is 1. The number of fused-ring (bicyclic) bond motifs is 1. The Balaban J connectivity index is 1.62. The van der Waals surface area contributed by atoms with Crippen molar-refractivity contribution in [1.82, 2.24) is 20.1 Å². The summed E-state index contributed by atoms with van der Waals surface area (Å²) in [5, 5.41) is 12.4. The molecule has 1 aliphatic heterocycles. The molecule has 2 N–H and O–H groups in total. The largest absolute Gasteiger partial charge is 0.381 e. The van der Waals surface area contributed by atoms with Gasteiger partial charge in [0, 0.05) is 43.6 Å². The van der Waals surface area contributed by atoms with Crippen molar-refractivity contribution in [3.05, 3.63) is 47.3 Å². The maximum absolute atomic E-state index is 12.7. The summed E-state index contributed by atoms with van der Waals surface area (Å²) >= 11 is 0. The van der Waals surface area contributed by atoms with Gasteiger partial charge >= 0.3 is 0 Å². The van der Waals surface area contributed by atoms with Crippen LogP contribution in [0.4, 0.5) is 5.69 Å². The average molecular weight is 431 g/mol. The van der Waals surface area contributed by atoms with E-state index in [1.54, 1.807) is 0 Å². The highest BCUT2D eigenvalue weighted by molar-refractivity contribution is 6.32. The van der Waals surface area contributed by atoms with E-state index in [1.165, 1.54) is 0 Å². The molecule has 0 aliphatic carbocycles. The molecule has 0 atom stereocenters. The second-order valence-corrected chi connectivity index (χ2v) is 8.19. The van der Waals surface area contributed by atoms with E-state index in [9.17, 15) is 4.79 Å². The Kier molecular flexibility index (Phi) is 7.10. The molecular formula is C24H30BN5O2. The number of aromatic nitrogens is 3. The molecule has 2 radical (unpaired) electrons. The molecule has 2 aromatic heterocycles. The van der Waals surface area contributed by atoms with Gasteiger partial charge < -0.3 is 15.4 Å². The predicted molar refractivity (Wildman–Crippen MR) is 127 cm³/mol. The van der Waals surface area contributed by atoms with E-state index in [2.05, 4.69) is 29.6 Å². The zero-order chi connectivity index (χ0) is 22.5. The SMILES string of the molecule is [B]c1cccc(CC(=O)NCc2c(CC)nc3c(cnn3CC)c2NC2CCOCC2)c1. The summed E-state index contributed by atoms with van der Waals surface area (Å²) in [4.78, 5) is 17.6. The number of hydrogen-bond donors (Lipinski definition) is 2. The Morgan fingerprint density at radius 3 is 2.81 bits per heavy atom. The quantitative estimate of drug-likeness (QED) is 0.535. The first kappa shape index (κ1) is 22.3. The van der Waals surface area contributed by atoms with E-state index in [4.69, 9.17) is 17.6 Å². The molecule has 166 valence electrons. The molecule has 3 heterocycles. The van der Waals surface area contributed by atoms with Gasteiger partial charge in [0.25, 0.3) is 0 Å². The Labute approximate surface area is 190 Å². The van der Waals surface area contributed by atoms with Crippen molar-refractivity contribution in [2.24, 2.45) is 0 Å². The van der Waals surface area contributed by atoms with Crippen LogP contribution in [-0.2, 0) is 35.5 Å². The van der Waals surface area contributed by atoms with Gasteiger partial charge in [-0.3, -0.25) is 4.79 Å². The number of pyridine rings is 1. The molecule has 3 aromatic rings. The minimum atomic E-state index is -0.0426. The lowest BCUT2D eigenvalue weighted by Gasteiger charge is -2.26. The van der Waals surface area contributed by atoms with Crippen LogP contribution in [0.2, 0.25) is 0 Å². The van der Waals surface area contributed by atoms with Crippen LogP contribution in [0.25, 0.3) is 11.0 Å². The van der Waals surface area contributed by atoms with Gasteiger partial charge in [-0.15, -0.1) is 0 Å². The van der Waals surface area contributed by atoms with Crippen LogP contribution < -0.4 is 16.1 Å². The summed E-state index contributed by atoms with van der Waals surface area (Å²) in [6, 6.07) is 7.76. The van der Waals surface area contributed by atoms with Crippen LogP contribution in [0.3, 0.4) is 0 Å². The zero-order valence-electron chi connectivity index (χ0n) is 18.9. The van der Waals surface area contributed by atoms with Gasteiger partial charge in [-0.25, -0.2) is 9.67 Å². The van der Waals surface area contributed by atoms with Gasteiger partial charge in [-0.1, -0.05) is 36.7 Å². The van der Waals surface area contributed by atoms with Crippen molar-refractivity contribution >= 4 is 35.9 Å². The summed E-state index contributed by atoms with van der Waals surface area (Å²) in [6.45, 7) is 6.84. The second kappa shape index (κ2) is 10.2. The highest BCUT2D eigenvalue weighted by Gasteiger charge is 2.22. The normalized spacial score (nSPS) is 14.6. The summed E-state index contributed by atoms with van der Waals surface area (Å²) in [5.41, 5.74) is 5.48. The van der Waals surface area contributed by atoms with Crippen molar-refractivity contribution in [1.29, 1.82) is 0 Å². The zero-order valence-corrected chi connectivity index (χ0v) is 18.9. The fraction of sp³-hybridized carbons (Fsp3) is 0.458. The maximum atomic E-state index is 12.7. The Morgan fingerprint density at radius 2 is 2.09 bits per heavy atom.